The van der Waals surface area contributed by atoms with Crippen molar-refractivity contribution >= 4 is 11.7 Å². The van der Waals surface area contributed by atoms with Crippen molar-refractivity contribution in [3.05, 3.63) is 30.3 Å². The summed E-state index contributed by atoms with van der Waals surface area (Å²) in [5, 5.41) is 8.88. The Morgan fingerprint density at radius 3 is 2.62 bits per heavy atom. The van der Waals surface area contributed by atoms with Crippen LogP contribution in [0.25, 0.3) is 0 Å². The van der Waals surface area contributed by atoms with Crippen LogP contribution in [0.4, 0.5) is 5.69 Å². The highest BCUT2D eigenvalue weighted by Gasteiger charge is 2.30. The molecule has 116 valence electrons. The van der Waals surface area contributed by atoms with Gasteiger partial charge in [-0.3, -0.25) is 4.79 Å². The predicted octanol–water partition coefficient (Wildman–Crippen LogP) is 4.18. The molecular weight excluding hydrogens is 262 g/mol. The van der Waals surface area contributed by atoms with Gasteiger partial charge in [-0.2, -0.15) is 0 Å². The summed E-state index contributed by atoms with van der Waals surface area (Å²) in [5.41, 5.74) is 1.23. The zero-order chi connectivity index (χ0) is 15.2. The SMILES string of the molecule is CC1CCC(C)C(N(CCCC(=O)O)c2ccccc2)C1. The summed E-state index contributed by atoms with van der Waals surface area (Å²) < 4.78 is 0. The van der Waals surface area contributed by atoms with Crippen LogP contribution in [0.1, 0.15) is 46.0 Å². The molecule has 0 radical (unpaired) electrons. The van der Waals surface area contributed by atoms with Gasteiger partial charge >= 0.3 is 5.97 Å². The first-order valence-corrected chi connectivity index (χ1v) is 8.11. The Labute approximate surface area is 128 Å². The second kappa shape index (κ2) is 7.48. The van der Waals surface area contributed by atoms with E-state index in [9.17, 15) is 4.79 Å². The highest BCUT2D eigenvalue weighted by molar-refractivity contribution is 5.66. The Morgan fingerprint density at radius 1 is 1.24 bits per heavy atom. The third-order valence-corrected chi connectivity index (χ3v) is 4.69. The molecule has 1 aromatic carbocycles. The van der Waals surface area contributed by atoms with Crippen LogP contribution in [0.15, 0.2) is 30.3 Å². The van der Waals surface area contributed by atoms with Crippen molar-refractivity contribution in [1.29, 1.82) is 0 Å². The fourth-order valence-electron chi connectivity index (χ4n) is 3.44. The summed E-state index contributed by atoms with van der Waals surface area (Å²) in [6.45, 7) is 5.50. The molecule has 1 aliphatic rings. The van der Waals surface area contributed by atoms with Gasteiger partial charge in [0, 0.05) is 24.7 Å². The molecule has 3 atom stereocenters. The van der Waals surface area contributed by atoms with Gasteiger partial charge in [-0.25, -0.2) is 0 Å². The number of aliphatic carboxylic acids is 1. The zero-order valence-corrected chi connectivity index (χ0v) is 13.2. The molecule has 0 spiro atoms. The number of hydrogen-bond donors (Lipinski definition) is 1. The van der Waals surface area contributed by atoms with Gasteiger partial charge in [-0.15, -0.1) is 0 Å². The molecule has 1 fully saturated rings. The van der Waals surface area contributed by atoms with Gasteiger partial charge in [0.25, 0.3) is 0 Å². The van der Waals surface area contributed by atoms with E-state index in [0.29, 0.717) is 18.4 Å². The van der Waals surface area contributed by atoms with E-state index < -0.39 is 5.97 Å². The Balaban J connectivity index is 2.12. The molecule has 1 aromatic rings. The highest BCUT2D eigenvalue weighted by atomic mass is 16.4. The minimum atomic E-state index is -0.701. The van der Waals surface area contributed by atoms with Gasteiger partial charge in [-0.05, 0) is 43.2 Å². The number of nitrogens with zero attached hydrogens (tertiary/aromatic N) is 1. The summed E-state index contributed by atoms with van der Waals surface area (Å²) in [4.78, 5) is 13.2. The smallest absolute Gasteiger partial charge is 0.303 e. The number of benzene rings is 1. The van der Waals surface area contributed by atoms with Crippen molar-refractivity contribution in [3.8, 4) is 0 Å². The van der Waals surface area contributed by atoms with E-state index in [1.54, 1.807) is 0 Å². The van der Waals surface area contributed by atoms with Gasteiger partial charge in [0.1, 0.15) is 0 Å². The van der Waals surface area contributed by atoms with E-state index in [1.807, 2.05) is 6.07 Å². The summed E-state index contributed by atoms with van der Waals surface area (Å²) in [6.07, 6.45) is 4.76. The van der Waals surface area contributed by atoms with Gasteiger partial charge in [0.05, 0.1) is 0 Å². The van der Waals surface area contributed by atoms with Crippen LogP contribution in [0, 0.1) is 11.8 Å². The molecule has 0 bridgehead atoms. The fourth-order valence-corrected chi connectivity index (χ4v) is 3.44. The van der Waals surface area contributed by atoms with Crippen molar-refractivity contribution in [1.82, 2.24) is 0 Å². The lowest BCUT2D eigenvalue weighted by atomic mass is 9.79. The molecule has 3 nitrogen and oxygen atoms in total. The van der Waals surface area contributed by atoms with E-state index in [-0.39, 0.29) is 6.42 Å². The number of anilines is 1. The third kappa shape index (κ3) is 4.48. The minimum Gasteiger partial charge on any atom is -0.481 e. The van der Waals surface area contributed by atoms with E-state index >= 15 is 0 Å². The first-order valence-electron chi connectivity index (χ1n) is 8.11. The van der Waals surface area contributed by atoms with Gasteiger partial charge in [0.15, 0.2) is 0 Å². The van der Waals surface area contributed by atoms with Crippen LogP contribution in [-0.2, 0) is 4.79 Å². The summed E-state index contributed by atoms with van der Waals surface area (Å²) >= 11 is 0. The van der Waals surface area contributed by atoms with Crippen LogP contribution >= 0.6 is 0 Å². The average Bonchev–Trinajstić information content (AvgIpc) is 2.47. The standard InChI is InChI=1S/C18H27NO2/c1-14-10-11-15(2)17(13-14)19(12-6-9-18(20)21)16-7-4-3-5-8-16/h3-5,7-8,14-15,17H,6,9-13H2,1-2H3,(H,20,21). The molecule has 0 amide bonds. The lowest BCUT2D eigenvalue weighted by molar-refractivity contribution is -0.137. The lowest BCUT2D eigenvalue weighted by Gasteiger charge is -2.42. The lowest BCUT2D eigenvalue weighted by Crippen LogP contribution is -2.44. The Hall–Kier alpha value is -1.51. The van der Waals surface area contributed by atoms with E-state index in [0.717, 1.165) is 12.5 Å². The number of rotatable bonds is 6. The normalized spacial score (nSPS) is 25.5. The maximum Gasteiger partial charge on any atom is 0.303 e. The first-order chi connectivity index (χ1) is 10.1. The molecular formula is C18H27NO2. The third-order valence-electron chi connectivity index (χ3n) is 4.69. The summed E-state index contributed by atoms with van der Waals surface area (Å²) in [5.74, 6) is 0.733. The Bertz CT molecular complexity index is 446. The molecule has 1 saturated carbocycles. The second-order valence-electron chi connectivity index (χ2n) is 6.49. The van der Waals surface area contributed by atoms with Gasteiger partial charge < -0.3 is 10.0 Å². The molecule has 0 heterocycles. The predicted molar refractivity (Wildman–Crippen MR) is 86.6 cm³/mol. The molecule has 3 unspecified atom stereocenters. The molecule has 2 rings (SSSR count). The van der Waals surface area contributed by atoms with Crippen molar-refractivity contribution in [2.24, 2.45) is 11.8 Å². The Kier molecular flexibility index (Phi) is 5.66. The summed E-state index contributed by atoms with van der Waals surface area (Å²) in [6, 6.07) is 11.0. The van der Waals surface area contributed by atoms with Crippen LogP contribution in [0.5, 0.6) is 0 Å². The molecule has 1 N–H and O–H groups in total. The van der Waals surface area contributed by atoms with Gasteiger partial charge in [-0.1, -0.05) is 38.5 Å². The molecule has 21 heavy (non-hydrogen) atoms. The monoisotopic (exact) mass is 289 g/mol. The molecule has 0 saturated heterocycles. The molecule has 0 aromatic heterocycles. The van der Waals surface area contributed by atoms with Crippen molar-refractivity contribution in [2.45, 2.75) is 52.0 Å². The Morgan fingerprint density at radius 2 is 1.95 bits per heavy atom. The summed E-state index contributed by atoms with van der Waals surface area (Å²) in [7, 11) is 0. The molecule has 3 heteroatoms. The zero-order valence-electron chi connectivity index (χ0n) is 13.2. The second-order valence-corrected chi connectivity index (χ2v) is 6.49. The molecule has 0 aliphatic heterocycles. The van der Waals surface area contributed by atoms with Crippen molar-refractivity contribution in [3.63, 3.8) is 0 Å². The van der Waals surface area contributed by atoms with Crippen LogP contribution < -0.4 is 4.90 Å². The maximum atomic E-state index is 10.8. The van der Waals surface area contributed by atoms with Crippen LogP contribution in [0.3, 0.4) is 0 Å². The van der Waals surface area contributed by atoms with Gasteiger partial charge in [0.2, 0.25) is 0 Å². The van der Waals surface area contributed by atoms with Crippen molar-refractivity contribution in [2.75, 3.05) is 11.4 Å². The number of carboxylic acid groups (broad SMARTS) is 1. The average molecular weight is 289 g/mol. The van der Waals surface area contributed by atoms with Crippen molar-refractivity contribution < 1.29 is 9.90 Å². The molecule has 1 aliphatic carbocycles. The minimum absolute atomic E-state index is 0.250. The quantitative estimate of drug-likeness (QED) is 0.854. The number of hydrogen-bond acceptors (Lipinski definition) is 2. The van der Waals surface area contributed by atoms with E-state index in [1.165, 1.54) is 24.9 Å². The van der Waals surface area contributed by atoms with E-state index in [2.05, 4.69) is 43.0 Å². The van der Waals surface area contributed by atoms with E-state index in [4.69, 9.17) is 5.11 Å². The maximum absolute atomic E-state index is 10.8. The van der Waals surface area contributed by atoms with Crippen LogP contribution in [0.2, 0.25) is 0 Å². The largest absolute Gasteiger partial charge is 0.481 e. The van der Waals surface area contributed by atoms with Crippen LogP contribution in [-0.4, -0.2) is 23.7 Å². The highest BCUT2D eigenvalue weighted by Crippen LogP contribution is 2.34. The number of carboxylic acids is 1. The fraction of sp³-hybridized carbons (Fsp3) is 0.611. The topological polar surface area (TPSA) is 40.5 Å². The first kappa shape index (κ1) is 15.9. The number of para-hydroxylation sites is 1. The number of carbonyl (C=O) groups is 1.